The number of hydrogen-bond acceptors (Lipinski definition) is 3. The average Bonchev–Trinajstić information content (AvgIpc) is 2.58. The Morgan fingerprint density at radius 3 is 2.32 bits per heavy atom. The molecule has 7 heteroatoms. The average molecular weight is 370 g/mol. The molecule has 0 unspecified atom stereocenters. The lowest BCUT2D eigenvalue weighted by Gasteiger charge is -2.31. The fraction of sp³-hybridized carbons (Fsp3) is 0.611. The topological polar surface area (TPSA) is 57.7 Å². The van der Waals surface area contributed by atoms with Crippen LogP contribution < -0.4 is 4.31 Å². The summed E-state index contributed by atoms with van der Waals surface area (Å²) in [6, 6.07) is 5.65. The van der Waals surface area contributed by atoms with Gasteiger partial charge in [-0.05, 0) is 43.5 Å². The Labute approximate surface area is 149 Å². The van der Waals surface area contributed by atoms with Crippen LogP contribution in [0.1, 0.15) is 44.9 Å². The van der Waals surface area contributed by atoms with Gasteiger partial charge in [-0.3, -0.25) is 9.10 Å². The maximum Gasteiger partial charge on any atom is 0.232 e. The van der Waals surface area contributed by atoms with Crippen LogP contribution in [0.5, 0.6) is 0 Å². The van der Waals surface area contributed by atoms with Gasteiger partial charge >= 0.3 is 0 Å². The molecule has 0 heterocycles. The SMILES string of the molecule is CN(C(=O)CCCN(c1ccc(F)cc1)S(C)(=O)=O)C1CCCCC1. The van der Waals surface area contributed by atoms with Gasteiger partial charge in [0.05, 0.1) is 11.9 Å². The van der Waals surface area contributed by atoms with Crippen molar-refractivity contribution in [1.82, 2.24) is 4.90 Å². The van der Waals surface area contributed by atoms with Gasteiger partial charge in [0.25, 0.3) is 0 Å². The largest absolute Gasteiger partial charge is 0.343 e. The standard InChI is InChI=1S/C18H27FN2O3S/c1-20(16-7-4-3-5-8-16)18(22)9-6-14-21(25(2,23)24)17-12-10-15(19)11-13-17/h10-13,16H,3-9,14H2,1-2H3. The second kappa shape index (κ2) is 8.65. The number of carbonyl (C=O) groups is 1. The number of sulfonamides is 1. The molecular weight excluding hydrogens is 343 g/mol. The van der Waals surface area contributed by atoms with Crippen LogP contribution in [0.2, 0.25) is 0 Å². The summed E-state index contributed by atoms with van der Waals surface area (Å²) < 4.78 is 38.3. The molecule has 2 rings (SSSR count). The molecule has 1 aliphatic carbocycles. The summed E-state index contributed by atoms with van der Waals surface area (Å²) in [5.41, 5.74) is 0.414. The first-order chi connectivity index (χ1) is 11.8. The molecule has 1 amide bonds. The Hall–Kier alpha value is -1.63. The third-order valence-electron chi connectivity index (χ3n) is 4.78. The molecule has 1 saturated carbocycles. The van der Waals surface area contributed by atoms with Crippen molar-refractivity contribution in [2.75, 3.05) is 24.2 Å². The van der Waals surface area contributed by atoms with E-state index in [1.165, 1.54) is 35.0 Å². The Morgan fingerprint density at radius 1 is 1.16 bits per heavy atom. The first-order valence-electron chi connectivity index (χ1n) is 8.78. The zero-order valence-electron chi connectivity index (χ0n) is 14.9. The van der Waals surface area contributed by atoms with Gasteiger partial charge in [0.15, 0.2) is 0 Å². The van der Waals surface area contributed by atoms with E-state index < -0.39 is 15.8 Å². The number of amides is 1. The highest BCUT2D eigenvalue weighted by molar-refractivity contribution is 7.92. The molecule has 25 heavy (non-hydrogen) atoms. The molecule has 0 atom stereocenters. The summed E-state index contributed by atoms with van der Waals surface area (Å²) in [5.74, 6) is -0.360. The molecule has 0 aliphatic heterocycles. The van der Waals surface area contributed by atoms with Gasteiger partial charge in [-0.1, -0.05) is 19.3 Å². The van der Waals surface area contributed by atoms with E-state index in [2.05, 4.69) is 0 Å². The highest BCUT2D eigenvalue weighted by Gasteiger charge is 2.23. The van der Waals surface area contributed by atoms with Gasteiger partial charge in [0, 0.05) is 26.1 Å². The second-order valence-electron chi connectivity index (χ2n) is 6.71. The third kappa shape index (κ3) is 5.70. The normalized spacial score (nSPS) is 15.8. The number of nitrogens with zero attached hydrogens (tertiary/aromatic N) is 2. The molecule has 0 saturated heterocycles. The number of anilines is 1. The minimum atomic E-state index is -3.48. The van der Waals surface area contributed by atoms with E-state index in [9.17, 15) is 17.6 Å². The van der Waals surface area contributed by atoms with Crippen molar-refractivity contribution < 1.29 is 17.6 Å². The van der Waals surface area contributed by atoms with Crippen molar-refractivity contribution in [3.05, 3.63) is 30.1 Å². The molecule has 0 radical (unpaired) electrons. The van der Waals surface area contributed by atoms with Crippen LogP contribution in [-0.2, 0) is 14.8 Å². The van der Waals surface area contributed by atoms with E-state index in [1.807, 2.05) is 11.9 Å². The van der Waals surface area contributed by atoms with Crippen LogP contribution in [0.4, 0.5) is 10.1 Å². The third-order valence-corrected chi connectivity index (χ3v) is 5.98. The van der Waals surface area contributed by atoms with E-state index >= 15 is 0 Å². The van der Waals surface area contributed by atoms with E-state index in [-0.39, 0.29) is 12.5 Å². The smallest absolute Gasteiger partial charge is 0.232 e. The van der Waals surface area contributed by atoms with Gasteiger partial charge in [-0.15, -0.1) is 0 Å². The molecule has 1 fully saturated rings. The Balaban J connectivity index is 1.92. The zero-order valence-corrected chi connectivity index (χ0v) is 15.8. The molecule has 1 aromatic rings. The molecule has 140 valence electrons. The molecule has 0 spiro atoms. The van der Waals surface area contributed by atoms with E-state index in [0.29, 0.717) is 24.6 Å². The molecule has 1 aromatic carbocycles. The number of halogens is 1. The maximum atomic E-state index is 13.1. The number of hydrogen-bond donors (Lipinski definition) is 0. The summed E-state index contributed by atoms with van der Waals surface area (Å²) >= 11 is 0. The number of benzene rings is 1. The van der Waals surface area contributed by atoms with Crippen molar-refractivity contribution >= 4 is 21.6 Å². The summed E-state index contributed by atoms with van der Waals surface area (Å²) in [6.07, 6.45) is 7.51. The van der Waals surface area contributed by atoms with Crippen LogP contribution in [-0.4, -0.2) is 45.1 Å². The van der Waals surface area contributed by atoms with Gasteiger partial charge in [0.1, 0.15) is 5.82 Å². The van der Waals surface area contributed by atoms with Gasteiger partial charge in [-0.2, -0.15) is 0 Å². The highest BCUT2D eigenvalue weighted by atomic mass is 32.2. The minimum absolute atomic E-state index is 0.0551. The lowest BCUT2D eigenvalue weighted by molar-refractivity contribution is -0.132. The van der Waals surface area contributed by atoms with Crippen LogP contribution in [0.25, 0.3) is 0 Å². The van der Waals surface area contributed by atoms with E-state index in [0.717, 1.165) is 31.9 Å². The van der Waals surface area contributed by atoms with Crippen molar-refractivity contribution in [1.29, 1.82) is 0 Å². The van der Waals surface area contributed by atoms with Crippen molar-refractivity contribution in [3.8, 4) is 0 Å². The lowest BCUT2D eigenvalue weighted by Crippen LogP contribution is -2.38. The predicted octanol–water partition coefficient (Wildman–Crippen LogP) is 3.16. The van der Waals surface area contributed by atoms with Crippen LogP contribution in [0.15, 0.2) is 24.3 Å². The van der Waals surface area contributed by atoms with Crippen LogP contribution >= 0.6 is 0 Å². The first kappa shape index (κ1) is 19.7. The lowest BCUT2D eigenvalue weighted by atomic mass is 9.94. The fourth-order valence-corrected chi connectivity index (χ4v) is 4.28. The van der Waals surface area contributed by atoms with Crippen molar-refractivity contribution in [2.24, 2.45) is 0 Å². The maximum absolute atomic E-state index is 13.1. The summed E-state index contributed by atoms with van der Waals surface area (Å²) in [4.78, 5) is 14.2. The second-order valence-corrected chi connectivity index (χ2v) is 8.62. The monoisotopic (exact) mass is 370 g/mol. The number of rotatable bonds is 7. The molecule has 0 aromatic heterocycles. The summed E-state index contributed by atoms with van der Waals surface area (Å²) in [6.45, 7) is 0.203. The van der Waals surface area contributed by atoms with Crippen molar-refractivity contribution in [2.45, 2.75) is 51.0 Å². The molecular formula is C18H27FN2O3S. The molecule has 5 nitrogen and oxygen atoms in total. The summed E-state index contributed by atoms with van der Waals surface area (Å²) in [7, 11) is -1.64. The van der Waals surface area contributed by atoms with E-state index in [4.69, 9.17) is 0 Å². The zero-order chi connectivity index (χ0) is 18.4. The Kier molecular flexibility index (Phi) is 6.81. The van der Waals surface area contributed by atoms with Gasteiger partial charge < -0.3 is 4.90 Å². The Bertz CT molecular complexity index is 670. The minimum Gasteiger partial charge on any atom is -0.343 e. The molecule has 0 bridgehead atoms. The van der Waals surface area contributed by atoms with Gasteiger partial charge in [0.2, 0.25) is 15.9 Å². The van der Waals surface area contributed by atoms with Gasteiger partial charge in [-0.25, -0.2) is 12.8 Å². The summed E-state index contributed by atoms with van der Waals surface area (Å²) in [5, 5.41) is 0. The number of carbonyl (C=O) groups excluding carboxylic acids is 1. The highest BCUT2D eigenvalue weighted by Crippen LogP contribution is 2.23. The van der Waals surface area contributed by atoms with Crippen molar-refractivity contribution in [3.63, 3.8) is 0 Å². The van der Waals surface area contributed by atoms with Crippen LogP contribution in [0.3, 0.4) is 0 Å². The quantitative estimate of drug-likeness (QED) is 0.741. The molecule has 1 aliphatic rings. The van der Waals surface area contributed by atoms with E-state index in [1.54, 1.807) is 0 Å². The first-order valence-corrected chi connectivity index (χ1v) is 10.6. The predicted molar refractivity (Wildman–Crippen MR) is 97.5 cm³/mol. The van der Waals surface area contributed by atoms with Crippen LogP contribution in [0, 0.1) is 5.82 Å². The fourth-order valence-electron chi connectivity index (χ4n) is 3.32. The Morgan fingerprint density at radius 2 is 1.76 bits per heavy atom. The molecule has 0 N–H and O–H groups in total.